The molecule has 1 aromatic heterocycles. The van der Waals surface area contributed by atoms with Crippen LogP contribution in [0.25, 0.3) is 16.5 Å². The molecule has 0 fully saturated rings. The molecule has 0 bridgehead atoms. The molecule has 5 nitrogen and oxygen atoms in total. The Bertz CT molecular complexity index is 1590. The Morgan fingerprint density at radius 3 is 2.23 bits per heavy atom. The van der Waals surface area contributed by atoms with E-state index in [9.17, 15) is 9.59 Å². The second-order valence-electron chi connectivity index (χ2n) is 8.30. The summed E-state index contributed by atoms with van der Waals surface area (Å²) in [6.07, 6.45) is 0. The number of nitrogens with one attached hydrogen (secondary N) is 1. The van der Waals surface area contributed by atoms with Crippen LogP contribution in [-0.2, 0) is 0 Å². The molecule has 5 aromatic rings. The highest BCUT2D eigenvalue weighted by atomic mass is 32.2. The van der Waals surface area contributed by atoms with Crippen molar-refractivity contribution in [3.8, 4) is 5.69 Å². The summed E-state index contributed by atoms with van der Waals surface area (Å²) in [6.45, 7) is 4.19. The molecular formula is C29H23N3O2S. The van der Waals surface area contributed by atoms with Gasteiger partial charge in [0.1, 0.15) is 0 Å². The third-order valence-electron chi connectivity index (χ3n) is 5.69. The number of anilines is 1. The van der Waals surface area contributed by atoms with E-state index in [4.69, 9.17) is 0 Å². The first kappa shape index (κ1) is 22.6. The lowest BCUT2D eigenvalue weighted by atomic mass is 10.1. The lowest BCUT2D eigenvalue weighted by Gasteiger charge is -2.12. The maximum atomic E-state index is 13.3. The van der Waals surface area contributed by atoms with Gasteiger partial charge in [0.2, 0.25) is 0 Å². The number of aryl methyl sites for hydroxylation is 2. The van der Waals surface area contributed by atoms with Crippen molar-refractivity contribution < 1.29 is 4.79 Å². The minimum absolute atomic E-state index is 0.192. The van der Waals surface area contributed by atoms with E-state index in [1.165, 1.54) is 20.7 Å². The molecule has 172 valence electrons. The lowest BCUT2D eigenvalue weighted by Crippen LogP contribution is -2.26. The normalized spacial score (nSPS) is 10.9. The Hall–Kier alpha value is -4.16. The van der Waals surface area contributed by atoms with E-state index in [-0.39, 0.29) is 17.2 Å². The number of fused-ring (bicyclic) bond motifs is 1. The molecule has 0 saturated heterocycles. The van der Waals surface area contributed by atoms with Crippen molar-refractivity contribution >= 4 is 34.1 Å². The second-order valence-corrected chi connectivity index (χ2v) is 9.41. The van der Waals surface area contributed by atoms with Crippen LogP contribution in [0, 0.1) is 13.8 Å². The Labute approximate surface area is 207 Å². The molecule has 6 heteroatoms. The second kappa shape index (κ2) is 9.60. The van der Waals surface area contributed by atoms with Crippen LogP contribution in [0.5, 0.6) is 0 Å². The molecule has 0 atom stereocenters. The average Bonchev–Trinajstić information content (AvgIpc) is 2.88. The zero-order chi connectivity index (χ0) is 24.4. The molecule has 0 aliphatic heterocycles. The summed E-state index contributed by atoms with van der Waals surface area (Å²) < 4.78 is 1.28. The van der Waals surface area contributed by atoms with Gasteiger partial charge < -0.3 is 5.32 Å². The van der Waals surface area contributed by atoms with Gasteiger partial charge in [-0.1, -0.05) is 65.9 Å². The molecule has 1 amide bonds. The van der Waals surface area contributed by atoms with Crippen LogP contribution in [0.2, 0.25) is 0 Å². The SMILES string of the molecule is Cc1ccc(Sc2ccc(NC(=O)c3nn(-c4ccccc4)c(=O)c4ccccc34)cc2)c(C)c1. The smallest absolute Gasteiger partial charge is 0.279 e. The van der Waals surface area contributed by atoms with Crippen LogP contribution >= 0.6 is 11.8 Å². The first-order valence-corrected chi connectivity index (χ1v) is 12.1. The number of hydrogen-bond donors (Lipinski definition) is 1. The number of aromatic nitrogens is 2. The van der Waals surface area contributed by atoms with Crippen molar-refractivity contribution in [2.75, 3.05) is 5.32 Å². The van der Waals surface area contributed by atoms with Crippen molar-refractivity contribution in [2.45, 2.75) is 23.6 Å². The van der Waals surface area contributed by atoms with Crippen molar-refractivity contribution in [3.05, 3.63) is 124 Å². The molecule has 0 spiro atoms. The molecule has 1 N–H and O–H groups in total. The molecule has 35 heavy (non-hydrogen) atoms. The van der Waals surface area contributed by atoms with E-state index >= 15 is 0 Å². The van der Waals surface area contributed by atoms with Crippen LogP contribution in [0.4, 0.5) is 5.69 Å². The zero-order valence-electron chi connectivity index (χ0n) is 19.4. The predicted molar refractivity (Wildman–Crippen MR) is 142 cm³/mol. The summed E-state index contributed by atoms with van der Waals surface area (Å²) in [7, 11) is 0. The molecule has 1 heterocycles. The summed E-state index contributed by atoms with van der Waals surface area (Å²) in [5.74, 6) is -0.374. The average molecular weight is 478 g/mol. The van der Waals surface area contributed by atoms with Crippen LogP contribution in [-0.4, -0.2) is 15.7 Å². The molecular weight excluding hydrogens is 454 g/mol. The van der Waals surface area contributed by atoms with Gasteiger partial charge in [0.25, 0.3) is 11.5 Å². The number of rotatable bonds is 5. The maximum Gasteiger partial charge on any atom is 0.279 e. The monoisotopic (exact) mass is 477 g/mol. The number of para-hydroxylation sites is 1. The summed E-state index contributed by atoms with van der Waals surface area (Å²) >= 11 is 1.69. The van der Waals surface area contributed by atoms with E-state index in [1.54, 1.807) is 48.2 Å². The number of carbonyl (C=O) groups excluding carboxylic acids is 1. The van der Waals surface area contributed by atoms with Crippen LogP contribution in [0.3, 0.4) is 0 Å². The van der Waals surface area contributed by atoms with Crippen molar-refractivity contribution in [1.82, 2.24) is 9.78 Å². The van der Waals surface area contributed by atoms with Gasteiger partial charge in [-0.2, -0.15) is 9.78 Å². The van der Waals surface area contributed by atoms with E-state index in [0.717, 1.165) is 4.90 Å². The molecule has 0 unspecified atom stereocenters. The number of benzene rings is 4. The largest absolute Gasteiger partial charge is 0.321 e. The van der Waals surface area contributed by atoms with E-state index in [2.05, 4.69) is 42.5 Å². The minimum Gasteiger partial charge on any atom is -0.321 e. The number of hydrogen-bond acceptors (Lipinski definition) is 4. The Kier molecular flexibility index (Phi) is 6.21. The van der Waals surface area contributed by atoms with Crippen molar-refractivity contribution in [1.29, 1.82) is 0 Å². The minimum atomic E-state index is -0.374. The quantitative estimate of drug-likeness (QED) is 0.318. The van der Waals surface area contributed by atoms with Gasteiger partial charge in [0, 0.05) is 20.9 Å². The molecule has 0 aliphatic carbocycles. The van der Waals surface area contributed by atoms with Gasteiger partial charge >= 0.3 is 0 Å². The third-order valence-corrected chi connectivity index (χ3v) is 6.88. The predicted octanol–water partition coefficient (Wildman–Crippen LogP) is 6.41. The highest BCUT2D eigenvalue weighted by Crippen LogP contribution is 2.31. The van der Waals surface area contributed by atoms with Gasteiger partial charge in [0.05, 0.1) is 11.1 Å². The summed E-state index contributed by atoms with van der Waals surface area (Å²) in [5.41, 5.74) is 3.66. The first-order chi connectivity index (χ1) is 17.0. The fraction of sp³-hybridized carbons (Fsp3) is 0.0690. The third kappa shape index (κ3) is 4.74. The Morgan fingerprint density at radius 1 is 0.829 bits per heavy atom. The molecule has 0 saturated carbocycles. The maximum absolute atomic E-state index is 13.3. The first-order valence-electron chi connectivity index (χ1n) is 11.2. The van der Waals surface area contributed by atoms with Gasteiger partial charge in [-0.3, -0.25) is 9.59 Å². The van der Waals surface area contributed by atoms with Gasteiger partial charge in [0.15, 0.2) is 5.69 Å². The van der Waals surface area contributed by atoms with Crippen molar-refractivity contribution in [3.63, 3.8) is 0 Å². The van der Waals surface area contributed by atoms with E-state index < -0.39 is 0 Å². The zero-order valence-corrected chi connectivity index (χ0v) is 20.2. The molecule has 0 aliphatic rings. The van der Waals surface area contributed by atoms with Crippen molar-refractivity contribution in [2.24, 2.45) is 0 Å². The number of carbonyl (C=O) groups is 1. The summed E-state index contributed by atoms with van der Waals surface area (Å²) in [4.78, 5) is 28.6. The number of amides is 1. The van der Waals surface area contributed by atoms with Gasteiger partial charge in [-0.05, 0) is 67.9 Å². The highest BCUT2D eigenvalue weighted by Gasteiger charge is 2.17. The van der Waals surface area contributed by atoms with Gasteiger partial charge in [-0.25, -0.2) is 0 Å². The lowest BCUT2D eigenvalue weighted by molar-refractivity contribution is 0.102. The topological polar surface area (TPSA) is 64.0 Å². The Morgan fingerprint density at radius 2 is 1.51 bits per heavy atom. The Balaban J connectivity index is 1.44. The summed E-state index contributed by atoms with van der Waals surface area (Å²) in [5, 5.41) is 8.34. The number of nitrogens with zero attached hydrogens (tertiary/aromatic N) is 2. The summed E-state index contributed by atoms with van der Waals surface area (Å²) in [6, 6.07) is 30.3. The van der Waals surface area contributed by atoms with Crippen LogP contribution in [0.15, 0.2) is 112 Å². The highest BCUT2D eigenvalue weighted by molar-refractivity contribution is 7.99. The standard InChI is InChI=1S/C29H23N3O2S/c1-19-12-17-26(20(2)18-19)35-23-15-13-21(14-16-23)30-28(33)27-24-10-6-7-11-25(24)29(34)32(31-27)22-8-4-3-5-9-22/h3-18H,1-2H3,(H,30,33). The molecule has 5 rings (SSSR count). The fourth-order valence-electron chi connectivity index (χ4n) is 3.94. The molecule has 4 aromatic carbocycles. The molecule has 0 radical (unpaired) electrons. The fourth-order valence-corrected chi connectivity index (χ4v) is 4.82. The van der Waals surface area contributed by atoms with Crippen LogP contribution in [0.1, 0.15) is 21.6 Å². The van der Waals surface area contributed by atoms with E-state index in [0.29, 0.717) is 22.1 Å². The van der Waals surface area contributed by atoms with E-state index in [1.807, 2.05) is 42.5 Å². The van der Waals surface area contributed by atoms with Gasteiger partial charge in [-0.15, -0.1) is 0 Å². The van der Waals surface area contributed by atoms with Crippen LogP contribution < -0.4 is 10.9 Å².